The number of carbonyl (C=O) groups is 1. The summed E-state index contributed by atoms with van der Waals surface area (Å²) in [7, 11) is 1.27. The molecule has 0 aromatic heterocycles. The first-order chi connectivity index (χ1) is 7.95. The highest BCUT2D eigenvalue weighted by Gasteiger charge is 2.17. The molecule has 6 nitrogen and oxygen atoms in total. The molecule has 1 atom stereocenters. The van der Waals surface area contributed by atoms with Crippen LogP contribution >= 0.6 is 0 Å². The molecule has 0 aliphatic heterocycles. The number of nitro benzene ring substituents is 1. The first kappa shape index (κ1) is 13.0. The van der Waals surface area contributed by atoms with Crippen molar-refractivity contribution >= 4 is 11.7 Å². The van der Waals surface area contributed by atoms with Gasteiger partial charge >= 0.3 is 5.97 Å². The molecule has 0 spiro atoms. The number of non-ortho nitro benzene ring substituents is 1. The van der Waals surface area contributed by atoms with Crippen LogP contribution in [0.4, 0.5) is 5.69 Å². The molecule has 1 aromatic carbocycles. The van der Waals surface area contributed by atoms with Crippen LogP contribution in [0.5, 0.6) is 5.75 Å². The van der Waals surface area contributed by atoms with E-state index in [-0.39, 0.29) is 5.69 Å². The van der Waals surface area contributed by atoms with Crippen molar-refractivity contribution in [1.29, 1.82) is 0 Å². The van der Waals surface area contributed by atoms with Crippen LogP contribution in [0.3, 0.4) is 0 Å². The van der Waals surface area contributed by atoms with Crippen molar-refractivity contribution < 1.29 is 19.2 Å². The molecule has 17 heavy (non-hydrogen) atoms. The molecular formula is C11H13NO5. The molecule has 0 N–H and O–H groups in total. The Bertz CT molecular complexity index is 443. The zero-order valence-corrected chi connectivity index (χ0v) is 9.80. The minimum atomic E-state index is -0.750. The number of aryl methyl sites for hydroxylation is 1. The van der Waals surface area contributed by atoms with Gasteiger partial charge in [-0.25, -0.2) is 4.79 Å². The highest BCUT2D eigenvalue weighted by Crippen LogP contribution is 2.24. The SMILES string of the molecule is COC(=O)[C@@H](C)Oc1ccc([N+](=O)[O-])cc1C. The van der Waals surface area contributed by atoms with Gasteiger partial charge in [0.05, 0.1) is 12.0 Å². The average molecular weight is 239 g/mol. The summed E-state index contributed by atoms with van der Waals surface area (Å²) in [5.74, 6) is -0.0729. The van der Waals surface area contributed by atoms with E-state index in [0.717, 1.165) is 0 Å². The van der Waals surface area contributed by atoms with E-state index in [1.165, 1.54) is 25.3 Å². The molecule has 92 valence electrons. The van der Waals surface area contributed by atoms with Crippen molar-refractivity contribution in [2.75, 3.05) is 7.11 Å². The summed E-state index contributed by atoms with van der Waals surface area (Å²) < 4.78 is 9.85. The summed E-state index contributed by atoms with van der Waals surface area (Å²) in [6, 6.07) is 4.18. The molecule has 0 saturated carbocycles. The Morgan fingerprint density at radius 3 is 2.59 bits per heavy atom. The standard InChI is InChI=1S/C11H13NO5/c1-7-6-9(12(14)15)4-5-10(7)17-8(2)11(13)16-3/h4-6,8H,1-3H3/t8-/m1/s1. The van der Waals surface area contributed by atoms with Gasteiger partial charge in [-0.05, 0) is 25.5 Å². The minimum absolute atomic E-state index is 0.0134. The zero-order chi connectivity index (χ0) is 13.0. The lowest BCUT2D eigenvalue weighted by Gasteiger charge is -2.13. The Morgan fingerprint density at radius 2 is 2.12 bits per heavy atom. The predicted octanol–water partition coefficient (Wildman–Crippen LogP) is 1.84. The predicted molar refractivity (Wildman–Crippen MR) is 59.9 cm³/mol. The van der Waals surface area contributed by atoms with E-state index in [1.54, 1.807) is 13.8 Å². The molecule has 1 aromatic rings. The van der Waals surface area contributed by atoms with Crippen molar-refractivity contribution in [1.82, 2.24) is 0 Å². The maximum Gasteiger partial charge on any atom is 0.346 e. The molecule has 0 radical (unpaired) electrons. The molecule has 0 aliphatic carbocycles. The van der Waals surface area contributed by atoms with Gasteiger partial charge in [-0.1, -0.05) is 0 Å². The number of nitrogens with zero attached hydrogens (tertiary/aromatic N) is 1. The van der Waals surface area contributed by atoms with E-state index in [0.29, 0.717) is 11.3 Å². The fraction of sp³-hybridized carbons (Fsp3) is 0.364. The maximum atomic E-state index is 11.1. The molecule has 1 rings (SSSR count). The third kappa shape index (κ3) is 3.17. The van der Waals surface area contributed by atoms with Gasteiger partial charge in [-0.15, -0.1) is 0 Å². The van der Waals surface area contributed by atoms with Crippen molar-refractivity contribution in [3.05, 3.63) is 33.9 Å². The lowest BCUT2D eigenvalue weighted by molar-refractivity contribution is -0.384. The highest BCUT2D eigenvalue weighted by molar-refractivity contribution is 5.74. The number of nitro groups is 1. The van der Waals surface area contributed by atoms with Crippen LogP contribution in [-0.4, -0.2) is 24.1 Å². The number of hydrogen-bond donors (Lipinski definition) is 0. The van der Waals surface area contributed by atoms with Gasteiger partial charge in [0, 0.05) is 12.1 Å². The number of hydrogen-bond acceptors (Lipinski definition) is 5. The molecular weight excluding hydrogens is 226 g/mol. The van der Waals surface area contributed by atoms with Gasteiger partial charge < -0.3 is 9.47 Å². The van der Waals surface area contributed by atoms with Crippen molar-refractivity contribution in [3.63, 3.8) is 0 Å². The topological polar surface area (TPSA) is 78.7 Å². The fourth-order valence-corrected chi connectivity index (χ4v) is 1.28. The second-order valence-corrected chi connectivity index (χ2v) is 3.49. The Labute approximate surface area is 98.3 Å². The van der Waals surface area contributed by atoms with Crippen LogP contribution in [0.2, 0.25) is 0 Å². The second-order valence-electron chi connectivity index (χ2n) is 3.49. The van der Waals surface area contributed by atoms with Crippen LogP contribution in [0.1, 0.15) is 12.5 Å². The van der Waals surface area contributed by atoms with Crippen LogP contribution < -0.4 is 4.74 Å². The number of benzene rings is 1. The van der Waals surface area contributed by atoms with E-state index in [9.17, 15) is 14.9 Å². The molecule has 0 amide bonds. The number of methoxy groups -OCH3 is 1. The van der Waals surface area contributed by atoms with E-state index in [1.807, 2.05) is 0 Å². The van der Waals surface area contributed by atoms with Crippen molar-refractivity contribution in [3.8, 4) is 5.75 Å². The molecule has 0 saturated heterocycles. The summed E-state index contributed by atoms with van der Waals surface area (Å²) in [6.45, 7) is 3.22. The summed E-state index contributed by atoms with van der Waals surface area (Å²) in [5.41, 5.74) is 0.579. The number of esters is 1. The van der Waals surface area contributed by atoms with Gasteiger partial charge in [0.1, 0.15) is 5.75 Å². The summed E-state index contributed by atoms with van der Waals surface area (Å²) in [4.78, 5) is 21.2. The third-order valence-corrected chi connectivity index (χ3v) is 2.21. The Hall–Kier alpha value is -2.11. The van der Waals surface area contributed by atoms with E-state index < -0.39 is 17.0 Å². The molecule has 0 fully saturated rings. The van der Waals surface area contributed by atoms with E-state index in [4.69, 9.17) is 4.74 Å². The van der Waals surface area contributed by atoms with Crippen molar-refractivity contribution in [2.24, 2.45) is 0 Å². The maximum absolute atomic E-state index is 11.1. The molecule has 0 unspecified atom stereocenters. The van der Waals surface area contributed by atoms with Crippen LogP contribution in [0.15, 0.2) is 18.2 Å². The summed E-state index contributed by atoms with van der Waals surface area (Å²) in [5, 5.41) is 10.5. The van der Waals surface area contributed by atoms with Gasteiger partial charge in [-0.2, -0.15) is 0 Å². The third-order valence-electron chi connectivity index (χ3n) is 2.21. The molecule has 0 aliphatic rings. The zero-order valence-electron chi connectivity index (χ0n) is 9.80. The smallest absolute Gasteiger partial charge is 0.346 e. The van der Waals surface area contributed by atoms with Gasteiger partial charge in [0.25, 0.3) is 5.69 Å². The lowest BCUT2D eigenvalue weighted by atomic mass is 10.2. The fourth-order valence-electron chi connectivity index (χ4n) is 1.28. The number of rotatable bonds is 4. The molecule has 0 heterocycles. The molecule has 6 heteroatoms. The Morgan fingerprint density at radius 1 is 1.47 bits per heavy atom. The van der Waals surface area contributed by atoms with Crippen LogP contribution in [-0.2, 0) is 9.53 Å². The van der Waals surface area contributed by atoms with Gasteiger partial charge in [0.15, 0.2) is 6.10 Å². The van der Waals surface area contributed by atoms with Gasteiger partial charge in [0.2, 0.25) is 0 Å². The highest BCUT2D eigenvalue weighted by atomic mass is 16.6. The Balaban J connectivity index is 2.86. The largest absolute Gasteiger partial charge is 0.479 e. The number of carbonyl (C=O) groups excluding carboxylic acids is 1. The minimum Gasteiger partial charge on any atom is -0.479 e. The molecule has 0 bridgehead atoms. The van der Waals surface area contributed by atoms with Crippen LogP contribution in [0.25, 0.3) is 0 Å². The average Bonchev–Trinajstić information content (AvgIpc) is 2.30. The number of ether oxygens (including phenoxy) is 2. The summed E-state index contributed by atoms with van der Waals surface area (Å²) in [6.07, 6.45) is -0.750. The normalized spacial score (nSPS) is 11.7. The van der Waals surface area contributed by atoms with Crippen LogP contribution in [0, 0.1) is 17.0 Å². The Kier molecular flexibility index (Phi) is 4.03. The van der Waals surface area contributed by atoms with E-state index >= 15 is 0 Å². The first-order valence-corrected chi connectivity index (χ1v) is 4.95. The lowest BCUT2D eigenvalue weighted by Crippen LogP contribution is -2.25. The first-order valence-electron chi connectivity index (χ1n) is 4.95. The monoisotopic (exact) mass is 239 g/mol. The van der Waals surface area contributed by atoms with Gasteiger partial charge in [-0.3, -0.25) is 10.1 Å². The van der Waals surface area contributed by atoms with E-state index in [2.05, 4.69) is 4.74 Å². The second kappa shape index (κ2) is 5.29. The van der Waals surface area contributed by atoms with Crippen molar-refractivity contribution in [2.45, 2.75) is 20.0 Å². The summed E-state index contributed by atoms with van der Waals surface area (Å²) >= 11 is 0. The quantitative estimate of drug-likeness (QED) is 0.455.